The fourth-order valence-corrected chi connectivity index (χ4v) is 4.95. The molecule has 23 heavy (non-hydrogen) atoms. The predicted molar refractivity (Wildman–Crippen MR) is 88.8 cm³/mol. The van der Waals surface area contributed by atoms with Crippen molar-refractivity contribution in [1.29, 1.82) is 0 Å². The number of hydrogen-bond donors (Lipinski definition) is 2. The first kappa shape index (κ1) is 16.3. The van der Waals surface area contributed by atoms with Crippen LogP contribution in [-0.4, -0.2) is 37.3 Å². The summed E-state index contributed by atoms with van der Waals surface area (Å²) in [6.45, 7) is 0.707. The van der Waals surface area contributed by atoms with Gasteiger partial charge >= 0.3 is 0 Å². The van der Waals surface area contributed by atoms with E-state index >= 15 is 0 Å². The predicted octanol–water partition coefficient (Wildman–Crippen LogP) is 1.86. The molecule has 1 saturated carbocycles. The molecule has 1 aliphatic heterocycles. The van der Waals surface area contributed by atoms with E-state index in [1.54, 1.807) is 29.2 Å². The van der Waals surface area contributed by atoms with Gasteiger partial charge in [-0.2, -0.15) is 0 Å². The van der Waals surface area contributed by atoms with Crippen LogP contribution in [0.15, 0.2) is 24.3 Å². The van der Waals surface area contributed by atoms with Crippen LogP contribution in [0.4, 0.5) is 11.4 Å². The van der Waals surface area contributed by atoms with Gasteiger partial charge in [0.25, 0.3) is 0 Å². The number of anilines is 2. The van der Waals surface area contributed by atoms with Crippen molar-refractivity contribution in [1.82, 2.24) is 0 Å². The van der Waals surface area contributed by atoms with Gasteiger partial charge in [0.05, 0.1) is 6.10 Å². The summed E-state index contributed by atoms with van der Waals surface area (Å²) >= 11 is 0. The number of carbonyl (C=O) groups is 1. The summed E-state index contributed by atoms with van der Waals surface area (Å²) in [6.07, 6.45) is 3.31. The standard InChI is InChI=1S/C16H22N2O4S/c19-14-4-1-2-5-15(14)23(21,22)17-12-7-9-13(10-8-12)18-11-3-6-16(18)20/h7-10,14-15,17,19H,1-6,11H2. The van der Waals surface area contributed by atoms with Crippen molar-refractivity contribution >= 4 is 27.3 Å². The lowest BCUT2D eigenvalue weighted by Gasteiger charge is -2.27. The molecule has 0 spiro atoms. The third-order valence-corrected chi connectivity index (χ3v) is 6.45. The maximum atomic E-state index is 12.4. The summed E-state index contributed by atoms with van der Waals surface area (Å²) in [5.74, 6) is 0.101. The highest BCUT2D eigenvalue weighted by atomic mass is 32.2. The van der Waals surface area contributed by atoms with Crippen LogP contribution in [0.1, 0.15) is 38.5 Å². The van der Waals surface area contributed by atoms with Crippen molar-refractivity contribution in [2.45, 2.75) is 49.9 Å². The minimum Gasteiger partial charge on any atom is -0.392 e. The molecule has 2 N–H and O–H groups in total. The molecule has 126 valence electrons. The fourth-order valence-electron chi connectivity index (χ4n) is 3.31. The molecule has 2 unspecified atom stereocenters. The molecule has 0 radical (unpaired) electrons. The first-order valence-electron chi connectivity index (χ1n) is 8.07. The third kappa shape index (κ3) is 3.50. The van der Waals surface area contributed by atoms with Crippen LogP contribution in [0.3, 0.4) is 0 Å². The van der Waals surface area contributed by atoms with Crippen molar-refractivity contribution < 1.29 is 18.3 Å². The van der Waals surface area contributed by atoms with Crippen molar-refractivity contribution in [3.63, 3.8) is 0 Å². The Morgan fingerprint density at radius 2 is 1.78 bits per heavy atom. The number of aliphatic hydroxyl groups is 1. The average Bonchev–Trinajstić information content (AvgIpc) is 2.94. The van der Waals surface area contributed by atoms with E-state index in [9.17, 15) is 18.3 Å². The van der Waals surface area contributed by atoms with Crippen LogP contribution >= 0.6 is 0 Å². The van der Waals surface area contributed by atoms with E-state index in [0.29, 0.717) is 31.5 Å². The molecule has 1 amide bonds. The third-order valence-electron chi connectivity index (χ3n) is 4.58. The largest absolute Gasteiger partial charge is 0.392 e. The number of nitrogens with zero attached hydrogens (tertiary/aromatic N) is 1. The second-order valence-corrected chi connectivity index (χ2v) is 8.13. The molecule has 2 aliphatic rings. The van der Waals surface area contributed by atoms with E-state index in [1.807, 2.05) is 0 Å². The first-order valence-corrected chi connectivity index (χ1v) is 9.62. The second kappa shape index (κ2) is 6.49. The lowest BCUT2D eigenvalue weighted by atomic mass is 9.97. The molecule has 1 heterocycles. The number of hydrogen-bond acceptors (Lipinski definition) is 4. The fraction of sp³-hybridized carbons (Fsp3) is 0.562. The van der Waals surface area contributed by atoms with E-state index < -0.39 is 21.4 Å². The number of nitrogens with one attached hydrogen (secondary N) is 1. The molecule has 7 heteroatoms. The Bertz CT molecular complexity index is 672. The molecule has 2 fully saturated rings. The molecule has 0 bridgehead atoms. The van der Waals surface area contributed by atoms with E-state index in [2.05, 4.69) is 4.72 Å². The Labute approximate surface area is 136 Å². The van der Waals surface area contributed by atoms with Crippen LogP contribution < -0.4 is 9.62 Å². The topological polar surface area (TPSA) is 86.7 Å². The van der Waals surface area contributed by atoms with Gasteiger partial charge in [0.15, 0.2) is 0 Å². The summed E-state index contributed by atoms with van der Waals surface area (Å²) in [5.41, 5.74) is 1.24. The van der Waals surface area contributed by atoms with Gasteiger partial charge in [-0.25, -0.2) is 8.42 Å². The van der Waals surface area contributed by atoms with Crippen molar-refractivity contribution in [3.8, 4) is 0 Å². The minimum atomic E-state index is -3.61. The van der Waals surface area contributed by atoms with E-state index in [1.165, 1.54) is 0 Å². The highest BCUT2D eigenvalue weighted by Gasteiger charge is 2.34. The molecule has 3 rings (SSSR count). The van der Waals surface area contributed by atoms with E-state index in [-0.39, 0.29) is 5.91 Å². The minimum absolute atomic E-state index is 0.101. The monoisotopic (exact) mass is 338 g/mol. The number of sulfonamides is 1. The molecule has 1 aromatic carbocycles. The van der Waals surface area contributed by atoms with Crippen molar-refractivity contribution in [3.05, 3.63) is 24.3 Å². The SMILES string of the molecule is O=C1CCCN1c1ccc(NS(=O)(=O)C2CCCCC2O)cc1. The summed E-state index contributed by atoms with van der Waals surface area (Å²) in [5, 5.41) is 9.18. The smallest absolute Gasteiger partial charge is 0.238 e. The highest BCUT2D eigenvalue weighted by molar-refractivity contribution is 7.93. The molecule has 1 aromatic rings. The Balaban J connectivity index is 1.71. The molecule has 2 atom stereocenters. The summed E-state index contributed by atoms with van der Waals surface area (Å²) in [7, 11) is -3.61. The summed E-state index contributed by atoms with van der Waals surface area (Å²) < 4.78 is 27.4. The summed E-state index contributed by atoms with van der Waals surface area (Å²) in [6, 6.07) is 6.82. The number of rotatable bonds is 4. The Morgan fingerprint density at radius 1 is 1.09 bits per heavy atom. The van der Waals surface area contributed by atoms with E-state index in [4.69, 9.17) is 0 Å². The normalized spacial score (nSPS) is 25.6. The zero-order valence-electron chi connectivity index (χ0n) is 12.9. The summed E-state index contributed by atoms with van der Waals surface area (Å²) in [4.78, 5) is 13.4. The second-order valence-electron chi connectivity index (χ2n) is 6.23. The van der Waals surface area contributed by atoms with Crippen LogP contribution in [0.2, 0.25) is 0 Å². The molecule has 6 nitrogen and oxygen atoms in total. The van der Waals surface area contributed by atoms with Gasteiger partial charge in [-0.1, -0.05) is 12.8 Å². The zero-order valence-corrected chi connectivity index (χ0v) is 13.8. The lowest BCUT2D eigenvalue weighted by molar-refractivity contribution is -0.117. The van der Waals surface area contributed by atoms with Crippen molar-refractivity contribution in [2.24, 2.45) is 0 Å². The van der Waals surface area contributed by atoms with Gasteiger partial charge < -0.3 is 10.0 Å². The van der Waals surface area contributed by atoms with Gasteiger partial charge in [0.1, 0.15) is 5.25 Å². The quantitative estimate of drug-likeness (QED) is 0.877. The highest BCUT2D eigenvalue weighted by Crippen LogP contribution is 2.27. The van der Waals surface area contributed by atoms with Crippen molar-refractivity contribution in [2.75, 3.05) is 16.2 Å². The Hall–Kier alpha value is -1.60. The molecular formula is C16H22N2O4S. The zero-order chi connectivity index (χ0) is 16.4. The number of carbonyl (C=O) groups excluding carboxylic acids is 1. The van der Waals surface area contributed by atoms with Crippen LogP contribution in [0.5, 0.6) is 0 Å². The molecule has 1 aliphatic carbocycles. The molecule has 1 saturated heterocycles. The number of aliphatic hydroxyl groups excluding tert-OH is 1. The average molecular weight is 338 g/mol. The van der Waals surface area contributed by atoms with Crippen LogP contribution in [0, 0.1) is 0 Å². The van der Waals surface area contributed by atoms with Gasteiger partial charge in [0, 0.05) is 24.3 Å². The maximum absolute atomic E-state index is 12.4. The number of amides is 1. The van der Waals surface area contributed by atoms with Gasteiger partial charge in [-0.3, -0.25) is 9.52 Å². The Kier molecular flexibility index (Phi) is 4.59. The lowest BCUT2D eigenvalue weighted by Crippen LogP contribution is -2.40. The first-order chi connectivity index (χ1) is 11.0. The van der Waals surface area contributed by atoms with Gasteiger partial charge in [-0.05, 0) is 43.5 Å². The number of benzene rings is 1. The van der Waals surface area contributed by atoms with Crippen LogP contribution in [-0.2, 0) is 14.8 Å². The molecular weight excluding hydrogens is 316 g/mol. The van der Waals surface area contributed by atoms with Gasteiger partial charge in [0.2, 0.25) is 15.9 Å². The van der Waals surface area contributed by atoms with Crippen LogP contribution in [0.25, 0.3) is 0 Å². The van der Waals surface area contributed by atoms with E-state index in [0.717, 1.165) is 24.9 Å². The Morgan fingerprint density at radius 3 is 2.39 bits per heavy atom. The maximum Gasteiger partial charge on any atom is 0.238 e. The van der Waals surface area contributed by atoms with Gasteiger partial charge in [-0.15, -0.1) is 0 Å². The molecule has 0 aromatic heterocycles.